The van der Waals surface area contributed by atoms with Gasteiger partial charge in [-0.15, -0.1) is 11.8 Å². The molecule has 2 aromatic rings. The summed E-state index contributed by atoms with van der Waals surface area (Å²) in [7, 11) is 0. The van der Waals surface area contributed by atoms with Crippen molar-refractivity contribution < 1.29 is 18.9 Å². The van der Waals surface area contributed by atoms with Gasteiger partial charge in [-0.05, 0) is 50.3 Å². The van der Waals surface area contributed by atoms with E-state index in [1.54, 1.807) is 36.1 Å². The Morgan fingerprint density at radius 3 is 2.54 bits per heavy atom. The maximum atomic E-state index is 12.9. The highest BCUT2D eigenvalue weighted by Gasteiger charge is 2.29. The Morgan fingerprint density at radius 1 is 1.25 bits per heavy atom. The van der Waals surface area contributed by atoms with Crippen LogP contribution >= 0.6 is 11.8 Å². The van der Waals surface area contributed by atoms with Gasteiger partial charge < -0.3 is 14.6 Å². The van der Waals surface area contributed by atoms with Gasteiger partial charge in [0, 0.05) is 30.1 Å². The largest absolute Gasteiger partial charge is 0.456 e. The lowest BCUT2D eigenvalue weighted by atomic mass is 10.0. The fraction of sp³-hybridized carbons (Fsp3) is 0.368. The number of amides is 2. The van der Waals surface area contributed by atoms with E-state index in [9.17, 15) is 19.7 Å². The molecule has 0 unspecified atom stereocenters. The highest BCUT2D eigenvalue weighted by atomic mass is 32.2. The molecule has 0 bridgehead atoms. The number of nitro benzene ring substituents is 1. The summed E-state index contributed by atoms with van der Waals surface area (Å²) in [6.45, 7) is 2.61. The maximum absolute atomic E-state index is 12.9. The Balaban J connectivity index is 1.64. The van der Waals surface area contributed by atoms with Gasteiger partial charge in [0.15, 0.2) is 5.76 Å². The Kier molecular flexibility index (Phi) is 6.03. The first-order valence-electron chi connectivity index (χ1n) is 8.88. The van der Waals surface area contributed by atoms with Crippen LogP contribution in [0.5, 0.6) is 0 Å². The van der Waals surface area contributed by atoms with Crippen LogP contribution in [0.2, 0.25) is 0 Å². The van der Waals surface area contributed by atoms with E-state index in [1.165, 1.54) is 17.8 Å². The van der Waals surface area contributed by atoms with E-state index < -0.39 is 4.92 Å². The number of benzene rings is 1. The summed E-state index contributed by atoms with van der Waals surface area (Å²) in [5.41, 5.74) is -0.0863. The van der Waals surface area contributed by atoms with Crippen molar-refractivity contribution in [1.82, 2.24) is 10.2 Å². The monoisotopic (exact) mass is 403 g/mol. The van der Waals surface area contributed by atoms with Gasteiger partial charge >= 0.3 is 0 Å². The van der Waals surface area contributed by atoms with E-state index in [2.05, 4.69) is 5.32 Å². The lowest BCUT2D eigenvalue weighted by molar-refractivity contribution is -0.385. The molecule has 0 spiro atoms. The summed E-state index contributed by atoms with van der Waals surface area (Å²) in [5.74, 6) is 0.301. The molecule has 3 rings (SSSR count). The summed E-state index contributed by atoms with van der Waals surface area (Å²) < 4.78 is 5.32. The van der Waals surface area contributed by atoms with Crippen molar-refractivity contribution >= 4 is 29.3 Å². The van der Waals surface area contributed by atoms with E-state index in [1.807, 2.05) is 6.26 Å². The Hall–Kier alpha value is -2.81. The number of piperidine rings is 1. The molecular formula is C19H21N3O5S. The molecule has 2 heterocycles. The van der Waals surface area contributed by atoms with Crippen molar-refractivity contribution in [2.45, 2.75) is 30.7 Å². The van der Waals surface area contributed by atoms with Gasteiger partial charge in [-0.3, -0.25) is 19.7 Å². The number of carbonyl (C=O) groups excluding carboxylic acids is 2. The molecular weight excluding hydrogens is 382 g/mol. The molecule has 1 aliphatic heterocycles. The van der Waals surface area contributed by atoms with Crippen molar-refractivity contribution in [1.29, 1.82) is 0 Å². The van der Waals surface area contributed by atoms with Gasteiger partial charge in [-0.2, -0.15) is 0 Å². The number of nitrogens with one attached hydrogen (secondary N) is 1. The summed E-state index contributed by atoms with van der Waals surface area (Å²) in [6.07, 6.45) is 3.00. The predicted molar refractivity (Wildman–Crippen MR) is 105 cm³/mol. The van der Waals surface area contributed by atoms with Gasteiger partial charge in [0.25, 0.3) is 17.5 Å². The molecule has 28 heavy (non-hydrogen) atoms. The zero-order valence-electron chi connectivity index (χ0n) is 15.6. The number of hydrogen-bond donors (Lipinski definition) is 1. The van der Waals surface area contributed by atoms with Crippen LogP contribution in [0.25, 0.3) is 0 Å². The number of likely N-dealkylation sites (tertiary alicyclic amines) is 1. The minimum Gasteiger partial charge on any atom is -0.456 e. The van der Waals surface area contributed by atoms with Crippen LogP contribution in [-0.4, -0.2) is 47.0 Å². The molecule has 0 saturated carbocycles. The average molecular weight is 403 g/mol. The Morgan fingerprint density at radius 2 is 1.96 bits per heavy atom. The summed E-state index contributed by atoms with van der Waals surface area (Å²) >= 11 is 1.42. The molecule has 1 fully saturated rings. The first kappa shape index (κ1) is 19.9. The number of rotatable bonds is 5. The fourth-order valence-corrected chi connectivity index (χ4v) is 3.62. The Bertz CT molecular complexity index is 903. The topological polar surface area (TPSA) is 106 Å². The Labute approximate surface area is 166 Å². The zero-order valence-corrected chi connectivity index (χ0v) is 16.5. The van der Waals surface area contributed by atoms with Gasteiger partial charge in [0.1, 0.15) is 11.3 Å². The molecule has 0 radical (unpaired) electrons. The van der Waals surface area contributed by atoms with Crippen molar-refractivity contribution in [3.05, 3.63) is 57.5 Å². The van der Waals surface area contributed by atoms with Crippen molar-refractivity contribution in [2.24, 2.45) is 0 Å². The lowest BCUT2D eigenvalue weighted by Gasteiger charge is -2.32. The summed E-state index contributed by atoms with van der Waals surface area (Å²) in [4.78, 5) is 38.2. The second kappa shape index (κ2) is 8.47. The highest BCUT2D eigenvalue weighted by Crippen LogP contribution is 2.27. The number of nitrogens with zero attached hydrogens (tertiary/aromatic N) is 2. The molecule has 2 amide bonds. The molecule has 0 aliphatic carbocycles. The van der Waals surface area contributed by atoms with Crippen molar-refractivity contribution in [3.8, 4) is 0 Å². The number of carbonyl (C=O) groups is 2. The third kappa shape index (κ3) is 4.36. The maximum Gasteiger partial charge on any atom is 0.287 e. The quantitative estimate of drug-likeness (QED) is 0.467. The molecule has 148 valence electrons. The van der Waals surface area contributed by atoms with Gasteiger partial charge in [-0.1, -0.05) is 0 Å². The first-order valence-corrected chi connectivity index (χ1v) is 10.1. The average Bonchev–Trinajstić information content (AvgIpc) is 3.14. The highest BCUT2D eigenvalue weighted by molar-refractivity contribution is 7.98. The van der Waals surface area contributed by atoms with Crippen LogP contribution in [0.3, 0.4) is 0 Å². The normalized spacial score (nSPS) is 14.7. The smallest absolute Gasteiger partial charge is 0.287 e. The van der Waals surface area contributed by atoms with E-state index in [4.69, 9.17) is 4.42 Å². The van der Waals surface area contributed by atoms with Crippen LogP contribution in [0.15, 0.2) is 39.6 Å². The van der Waals surface area contributed by atoms with Crippen LogP contribution in [-0.2, 0) is 0 Å². The predicted octanol–water partition coefficient (Wildman–Crippen LogP) is 3.25. The SMILES string of the molecule is CSc1ccc([N+](=O)[O-])c(C(=O)N2CCC(NC(=O)c3ccc(C)o3)CC2)c1. The number of nitro groups is 1. The van der Waals surface area contributed by atoms with E-state index in [0.717, 1.165) is 4.90 Å². The number of thioether (sulfide) groups is 1. The minimum atomic E-state index is -0.532. The lowest BCUT2D eigenvalue weighted by Crippen LogP contribution is -2.46. The third-order valence-corrected chi connectivity index (χ3v) is 5.44. The molecule has 1 aromatic carbocycles. The number of furan rings is 1. The number of hydrogen-bond acceptors (Lipinski definition) is 6. The van der Waals surface area contributed by atoms with Crippen molar-refractivity contribution in [3.63, 3.8) is 0 Å². The fourth-order valence-electron chi connectivity index (χ4n) is 3.18. The summed E-state index contributed by atoms with van der Waals surface area (Å²) in [5, 5.41) is 14.2. The van der Waals surface area contributed by atoms with Crippen LogP contribution in [0.1, 0.15) is 39.5 Å². The van der Waals surface area contributed by atoms with E-state index in [-0.39, 0.29) is 34.9 Å². The minimum absolute atomic E-state index is 0.0746. The molecule has 1 aliphatic rings. The van der Waals surface area contributed by atoms with E-state index in [0.29, 0.717) is 31.7 Å². The van der Waals surface area contributed by atoms with Crippen molar-refractivity contribution in [2.75, 3.05) is 19.3 Å². The van der Waals surface area contributed by atoms with Crippen LogP contribution in [0.4, 0.5) is 5.69 Å². The molecule has 8 nitrogen and oxygen atoms in total. The van der Waals surface area contributed by atoms with Gasteiger partial charge in [0.05, 0.1) is 4.92 Å². The number of aryl methyl sites for hydroxylation is 1. The molecule has 9 heteroatoms. The van der Waals surface area contributed by atoms with Crippen LogP contribution < -0.4 is 5.32 Å². The zero-order chi connectivity index (χ0) is 20.3. The molecule has 1 N–H and O–H groups in total. The first-order chi connectivity index (χ1) is 13.4. The second-order valence-corrected chi connectivity index (χ2v) is 7.47. The molecule has 1 saturated heterocycles. The van der Waals surface area contributed by atoms with Gasteiger partial charge in [0.2, 0.25) is 0 Å². The standard InChI is InChI=1S/C19H21N3O5S/c1-12-3-6-17(27-12)18(23)20-13-7-9-21(10-8-13)19(24)15-11-14(28-2)4-5-16(15)22(25)26/h3-6,11,13H,7-10H2,1-2H3,(H,20,23). The molecule has 1 aromatic heterocycles. The summed E-state index contributed by atoms with van der Waals surface area (Å²) in [6, 6.07) is 7.86. The third-order valence-electron chi connectivity index (χ3n) is 4.71. The van der Waals surface area contributed by atoms with Crippen LogP contribution in [0, 0.1) is 17.0 Å². The van der Waals surface area contributed by atoms with Gasteiger partial charge in [-0.25, -0.2) is 0 Å². The second-order valence-electron chi connectivity index (χ2n) is 6.59. The molecule has 0 atom stereocenters. The van der Waals surface area contributed by atoms with E-state index >= 15 is 0 Å².